The van der Waals surface area contributed by atoms with Crippen molar-refractivity contribution in [1.82, 2.24) is 15.3 Å². The largest absolute Gasteiger partial charge is 0.381 e. The Bertz CT molecular complexity index is 741. The van der Waals surface area contributed by atoms with E-state index in [1.165, 1.54) is 6.20 Å². The number of carbonyl (C=O) groups is 2. The lowest BCUT2D eigenvalue weighted by atomic mass is 9.79. The molecule has 1 aromatic carbocycles. The van der Waals surface area contributed by atoms with E-state index in [-0.39, 0.29) is 18.1 Å². The molecule has 1 fully saturated rings. The first-order valence-electron chi connectivity index (χ1n) is 7.48. The van der Waals surface area contributed by atoms with Gasteiger partial charge < -0.3 is 15.8 Å². The van der Waals surface area contributed by atoms with Crippen molar-refractivity contribution >= 4 is 22.8 Å². The lowest BCUT2D eigenvalue weighted by Crippen LogP contribution is -2.49. The molecule has 0 spiro atoms. The van der Waals surface area contributed by atoms with Crippen LogP contribution in [0.1, 0.15) is 23.3 Å². The van der Waals surface area contributed by atoms with Gasteiger partial charge in [-0.25, -0.2) is 4.98 Å². The van der Waals surface area contributed by atoms with Crippen LogP contribution in [0.2, 0.25) is 0 Å². The van der Waals surface area contributed by atoms with E-state index in [1.54, 1.807) is 6.07 Å². The zero-order valence-electron chi connectivity index (χ0n) is 12.6. The Morgan fingerprint density at radius 3 is 2.61 bits per heavy atom. The van der Waals surface area contributed by atoms with Crippen LogP contribution in [0.15, 0.2) is 30.5 Å². The van der Waals surface area contributed by atoms with Gasteiger partial charge in [0.1, 0.15) is 5.69 Å². The van der Waals surface area contributed by atoms with Crippen molar-refractivity contribution in [2.45, 2.75) is 12.8 Å². The highest BCUT2D eigenvalue weighted by atomic mass is 16.5. The molecule has 3 rings (SSSR count). The van der Waals surface area contributed by atoms with Crippen LogP contribution in [0.25, 0.3) is 11.0 Å². The molecule has 2 aromatic rings. The van der Waals surface area contributed by atoms with Crippen molar-refractivity contribution in [2.24, 2.45) is 11.1 Å². The molecule has 1 aliphatic heterocycles. The average Bonchev–Trinajstić information content (AvgIpc) is 2.60. The maximum Gasteiger partial charge on any atom is 0.271 e. The third-order valence-corrected chi connectivity index (χ3v) is 4.24. The Morgan fingerprint density at radius 1 is 1.22 bits per heavy atom. The smallest absolute Gasteiger partial charge is 0.271 e. The maximum absolute atomic E-state index is 12.3. The molecule has 1 aliphatic rings. The maximum atomic E-state index is 12.3. The fraction of sp³-hybridized carbons (Fsp3) is 0.375. The number of ether oxygens (including phenoxy) is 1. The van der Waals surface area contributed by atoms with Crippen molar-refractivity contribution in [3.63, 3.8) is 0 Å². The van der Waals surface area contributed by atoms with Crippen molar-refractivity contribution < 1.29 is 14.3 Å². The Hall–Kier alpha value is -2.54. The van der Waals surface area contributed by atoms with Crippen LogP contribution in [-0.4, -0.2) is 41.5 Å². The SMILES string of the molecule is NC(=O)C1(CNC(=O)c2cnc3ccccc3n2)CCOCC1. The number of hydrogen-bond donors (Lipinski definition) is 2. The Kier molecular flexibility index (Phi) is 4.20. The summed E-state index contributed by atoms with van der Waals surface area (Å²) in [5.41, 5.74) is 6.37. The van der Waals surface area contributed by atoms with E-state index in [1.807, 2.05) is 18.2 Å². The molecule has 2 heterocycles. The summed E-state index contributed by atoms with van der Waals surface area (Å²) in [6, 6.07) is 7.32. The second-order valence-corrected chi connectivity index (χ2v) is 5.68. The van der Waals surface area contributed by atoms with Crippen LogP contribution in [0.5, 0.6) is 0 Å². The minimum Gasteiger partial charge on any atom is -0.381 e. The molecular formula is C16H18N4O3. The molecule has 23 heavy (non-hydrogen) atoms. The number of fused-ring (bicyclic) bond motifs is 1. The molecular weight excluding hydrogens is 296 g/mol. The molecule has 2 amide bonds. The van der Waals surface area contributed by atoms with Gasteiger partial charge in [0.2, 0.25) is 5.91 Å². The fourth-order valence-corrected chi connectivity index (χ4v) is 2.68. The second kappa shape index (κ2) is 6.29. The summed E-state index contributed by atoms with van der Waals surface area (Å²) in [7, 11) is 0. The predicted molar refractivity (Wildman–Crippen MR) is 83.6 cm³/mol. The van der Waals surface area contributed by atoms with Crippen LogP contribution < -0.4 is 11.1 Å². The summed E-state index contributed by atoms with van der Waals surface area (Å²) in [5.74, 6) is -0.777. The van der Waals surface area contributed by atoms with Gasteiger partial charge in [-0.3, -0.25) is 14.6 Å². The van der Waals surface area contributed by atoms with Crippen LogP contribution in [0, 0.1) is 5.41 Å². The van der Waals surface area contributed by atoms with Crippen molar-refractivity contribution in [1.29, 1.82) is 0 Å². The zero-order valence-corrected chi connectivity index (χ0v) is 12.6. The summed E-state index contributed by atoms with van der Waals surface area (Å²) >= 11 is 0. The Morgan fingerprint density at radius 2 is 1.91 bits per heavy atom. The number of para-hydroxylation sites is 2. The van der Waals surface area contributed by atoms with Gasteiger partial charge in [-0.15, -0.1) is 0 Å². The number of nitrogens with one attached hydrogen (secondary N) is 1. The van der Waals surface area contributed by atoms with Crippen LogP contribution in [0.4, 0.5) is 0 Å². The average molecular weight is 314 g/mol. The molecule has 0 aliphatic carbocycles. The topological polar surface area (TPSA) is 107 Å². The third kappa shape index (κ3) is 3.14. The van der Waals surface area contributed by atoms with E-state index in [4.69, 9.17) is 10.5 Å². The minimum absolute atomic E-state index is 0.180. The second-order valence-electron chi connectivity index (χ2n) is 5.68. The molecule has 7 nitrogen and oxygen atoms in total. The number of rotatable bonds is 4. The summed E-state index contributed by atoms with van der Waals surface area (Å²) in [6.07, 6.45) is 2.44. The van der Waals surface area contributed by atoms with Crippen molar-refractivity contribution in [3.8, 4) is 0 Å². The summed E-state index contributed by atoms with van der Waals surface area (Å²) in [4.78, 5) is 32.6. The van der Waals surface area contributed by atoms with E-state index >= 15 is 0 Å². The lowest BCUT2D eigenvalue weighted by molar-refractivity contribution is -0.132. The minimum atomic E-state index is -0.752. The Labute approximate surface area is 133 Å². The Balaban J connectivity index is 1.73. The van der Waals surface area contributed by atoms with Gasteiger partial charge in [-0.1, -0.05) is 12.1 Å². The number of hydrogen-bond acceptors (Lipinski definition) is 5. The predicted octanol–water partition coefficient (Wildman–Crippen LogP) is 0.642. The molecule has 1 saturated heterocycles. The number of carbonyl (C=O) groups excluding carboxylic acids is 2. The zero-order chi connectivity index (χ0) is 16.3. The third-order valence-electron chi connectivity index (χ3n) is 4.24. The standard InChI is InChI=1S/C16H18N4O3/c17-15(22)16(5-7-23-8-6-16)10-19-14(21)13-9-18-11-3-1-2-4-12(11)20-13/h1-4,9H,5-8,10H2,(H2,17,22)(H,19,21). The van der Waals surface area contributed by atoms with Gasteiger partial charge in [-0.2, -0.15) is 0 Å². The molecule has 1 aromatic heterocycles. The number of nitrogens with two attached hydrogens (primary N) is 1. The first-order chi connectivity index (χ1) is 11.1. The highest BCUT2D eigenvalue weighted by Gasteiger charge is 2.38. The van der Waals surface area contributed by atoms with Gasteiger partial charge in [0, 0.05) is 19.8 Å². The molecule has 120 valence electrons. The van der Waals surface area contributed by atoms with Gasteiger partial charge in [0.15, 0.2) is 0 Å². The number of nitrogens with zero attached hydrogens (tertiary/aromatic N) is 2. The van der Waals surface area contributed by atoms with Crippen LogP contribution in [-0.2, 0) is 9.53 Å². The summed E-state index contributed by atoms with van der Waals surface area (Å²) < 4.78 is 5.27. The molecule has 0 bridgehead atoms. The van der Waals surface area contributed by atoms with Crippen molar-refractivity contribution in [2.75, 3.05) is 19.8 Å². The normalized spacial score (nSPS) is 16.9. The first kappa shape index (κ1) is 15.4. The summed E-state index contributed by atoms with van der Waals surface area (Å²) in [5, 5.41) is 2.76. The highest BCUT2D eigenvalue weighted by Crippen LogP contribution is 2.29. The molecule has 7 heteroatoms. The lowest BCUT2D eigenvalue weighted by Gasteiger charge is -2.34. The van der Waals surface area contributed by atoms with Crippen LogP contribution in [0.3, 0.4) is 0 Å². The molecule has 0 atom stereocenters. The molecule has 3 N–H and O–H groups in total. The monoisotopic (exact) mass is 314 g/mol. The highest BCUT2D eigenvalue weighted by molar-refractivity contribution is 5.94. The number of aromatic nitrogens is 2. The van der Waals surface area contributed by atoms with E-state index in [2.05, 4.69) is 15.3 Å². The van der Waals surface area contributed by atoms with E-state index in [0.717, 1.165) is 5.52 Å². The first-order valence-corrected chi connectivity index (χ1v) is 7.48. The molecule has 0 saturated carbocycles. The summed E-state index contributed by atoms with van der Waals surface area (Å²) in [6.45, 7) is 1.11. The van der Waals surface area contributed by atoms with Gasteiger partial charge in [-0.05, 0) is 25.0 Å². The van der Waals surface area contributed by atoms with Crippen LogP contribution >= 0.6 is 0 Å². The van der Waals surface area contributed by atoms with Crippen molar-refractivity contribution in [3.05, 3.63) is 36.2 Å². The molecule has 0 radical (unpaired) electrons. The van der Waals surface area contributed by atoms with E-state index < -0.39 is 11.3 Å². The van der Waals surface area contributed by atoms with Gasteiger partial charge in [0.25, 0.3) is 5.91 Å². The quantitative estimate of drug-likeness (QED) is 0.861. The van der Waals surface area contributed by atoms with Gasteiger partial charge in [0.05, 0.1) is 22.6 Å². The fourth-order valence-electron chi connectivity index (χ4n) is 2.68. The van der Waals surface area contributed by atoms with E-state index in [0.29, 0.717) is 31.6 Å². The number of benzene rings is 1. The molecule has 0 unspecified atom stereocenters. The number of amides is 2. The number of primary amides is 1. The van der Waals surface area contributed by atoms with Gasteiger partial charge >= 0.3 is 0 Å². The van der Waals surface area contributed by atoms with E-state index in [9.17, 15) is 9.59 Å².